The molecule has 5 heteroatoms. The third kappa shape index (κ3) is 1.63. The van der Waals surface area contributed by atoms with Gasteiger partial charge in [-0.3, -0.25) is 0 Å². The van der Waals surface area contributed by atoms with E-state index in [9.17, 15) is 4.79 Å². The van der Waals surface area contributed by atoms with Gasteiger partial charge in [-0.05, 0) is 37.0 Å². The van der Waals surface area contributed by atoms with Crippen LogP contribution >= 0.6 is 0 Å². The van der Waals surface area contributed by atoms with Crippen LogP contribution in [0.2, 0.25) is 0 Å². The Kier molecular flexibility index (Phi) is 2.47. The second-order valence-electron chi connectivity index (χ2n) is 4.67. The summed E-state index contributed by atoms with van der Waals surface area (Å²) in [5.74, 6) is 0. The average Bonchev–Trinajstić information content (AvgIpc) is 2.80. The van der Waals surface area contributed by atoms with Crippen molar-refractivity contribution < 1.29 is 9.53 Å². The largest absolute Gasteiger partial charge is 0.453 e. The summed E-state index contributed by atoms with van der Waals surface area (Å²) in [6.07, 6.45) is 6.35. The molecule has 3 rings (SSSR count). The Balaban J connectivity index is 1.97. The highest BCUT2D eigenvalue weighted by Gasteiger charge is 2.40. The molecule has 1 amide bonds. The lowest BCUT2D eigenvalue weighted by Crippen LogP contribution is -2.50. The smallest absolute Gasteiger partial charge is 0.407 e. The molecule has 1 fully saturated rings. The van der Waals surface area contributed by atoms with Crippen molar-refractivity contribution in [2.45, 2.75) is 24.8 Å². The Labute approximate surface area is 105 Å². The lowest BCUT2D eigenvalue weighted by atomic mass is 9.72. The van der Waals surface area contributed by atoms with E-state index in [2.05, 4.69) is 10.4 Å². The van der Waals surface area contributed by atoms with E-state index in [1.165, 1.54) is 7.11 Å². The van der Waals surface area contributed by atoms with Crippen LogP contribution in [0.25, 0.3) is 5.52 Å². The Morgan fingerprint density at radius 1 is 1.44 bits per heavy atom. The molecule has 5 nitrogen and oxygen atoms in total. The lowest BCUT2D eigenvalue weighted by Gasteiger charge is -2.42. The normalized spacial score (nSPS) is 17.2. The van der Waals surface area contributed by atoms with Crippen LogP contribution in [-0.2, 0) is 10.3 Å². The van der Waals surface area contributed by atoms with Crippen molar-refractivity contribution >= 4 is 11.6 Å². The van der Waals surface area contributed by atoms with Crippen molar-refractivity contribution in [1.29, 1.82) is 0 Å². The number of nitrogens with zero attached hydrogens (tertiary/aromatic N) is 2. The molecule has 0 spiro atoms. The molecule has 1 aliphatic carbocycles. The molecule has 94 valence electrons. The van der Waals surface area contributed by atoms with Crippen LogP contribution in [0.5, 0.6) is 0 Å². The molecule has 1 aliphatic rings. The highest BCUT2D eigenvalue weighted by atomic mass is 16.5. The fourth-order valence-electron chi connectivity index (χ4n) is 2.46. The maximum Gasteiger partial charge on any atom is 0.407 e. The minimum absolute atomic E-state index is 0.284. The molecule has 2 aromatic heterocycles. The summed E-state index contributed by atoms with van der Waals surface area (Å²) in [6.45, 7) is 0. The zero-order valence-electron chi connectivity index (χ0n) is 10.2. The van der Waals surface area contributed by atoms with Gasteiger partial charge in [-0.25, -0.2) is 9.31 Å². The number of carbonyl (C=O) groups is 1. The number of alkyl carbamates (subject to hydrolysis) is 1. The topological polar surface area (TPSA) is 55.6 Å². The molecule has 0 atom stereocenters. The quantitative estimate of drug-likeness (QED) is 0.881. The fourth-order valence-corrected chi connectivity index (χ4v) is 2.46. The minimum atomic E-state index is -0.379. The van der Waals surface area contributed by atoms with Gasteiger partial charge in [-0.2, -0.15) is 5.10 Å². The number of fused-ring (bicyclic) bond motifs is 1. The molecule has 0 unspecified atom stereocenters. The van der Waals surface area contributed by atoms with Crippen LogP contribution in [-0.4, -0.2) is 22.8 Å². The van der Waals surface area contributed by atoms with Crippen LogP contribution in [0, 0.1) is 0 Å². The highest BCUT2D eigenvalue weighted by molar-refractivity contribution is 5.69. The first-order valence-corrected chi connectivity index (χ1v) is 6.03. The summed E-state index contributed by atoms with van der Waals surface area (Å²) < 4.78 is 6.53. The molecule has 0 aliphatic heterocycles. The number of amides is 1. The van der Waals surface area contributed by atoms with E-state index in [4.69, 9.17) is 4.74 Å². The van der Waals surface area contributed by atoms with Crippen LogP contribution in [0.15, 0.2) is 30.6 Å². The lowest BCUT2D eigenvalue weighted by molar-refractivity contribution is 0.128. The summed E-state index contributed by atoms with van der Waals surface area (Å²) in [5, 5.41) is 7.17. The van der Waals surface area contributed by atoms with Gasteiger partial charge in [0.2, 0.25) is 0 Å². The number of aromatic nitrogens is 2. The number of pyridine rings is 1. The zero-order valence-corrected chi connectivity index (χ0v) is 10.2. The summed E-state index contributed by atoms with van der Waals surface area (Å²) in [4.78, 5) is 11.5. The summed E-state index contributed by atoms with van der Waals surface area (Å²) in [6, 6.07) is 6.01. The van der Waals surface area contributed by atoms with Crippen molar-refractivity contribution in [3.05, 3.63) is 36.2 Å². The Morgan fingerprint density at radius 2 is 2.28 bits per heavy atom. The number of carbonyl (C=O) groups excluding carboxylic acids is 1. The van der Waals surface area contributed by atoms with E-state index in [0.717, 1.165) is 30.3 Å². The van der Waals surface area contributed by atoms with E-state index in [0.29, 0.717) is 0 Å². The molecular weight excluding hydrogens is 230 g/mol. The predicted octanol–water partition coefficient (Wildman–Crippen LogP) is 2.07. The van der Waals surface area contributed by atoms with E-state index in [1.807, 2.05) is 28.9 Å². The molecule has 0 radical (unpaired) electrons. The average molecular weight is 245 g/mol. The van der Waals surface area contributed by atoms with Gasteiger partial charge in [0.05, 0.1) is 18.2 Å². The van der Waals surface area contributed by atoms with Gasteiger partial charge < -0.3 is 10.1 Å². The number of methoxy groups -OCH3 is 1. The van der Waals surface area contributed by atoms with Gasteiger partial charge in [-0.1, -0.05) is 6.07 Å². The van der Waals surface area contributed by atoms with E-state index < -0.39 is 0 Å². The van der Waals surface area contributed by atoms with Crippen LogP contribution < -0.4 is 5.32 Å². The first kappa shape index (κ1) is 11.1. The number of ether oxygens (including phenoxy) is 1. The molecule has 0 aromatic carbocycles. The standard InChI is InChI=1S/C13H15N3O2/c1-18-12(17)15-13(6-2-7-13)10-3-4-11-5-8-14-16(11)9-10/h3-5,8-9H,2,6-7H2,1H3,(H,15,17). The monoisotopic (exact) mass is 245 g/mol. The summed E-state index contributed by atoms with van der Waals surface area (Å²) in [7, 11) is 1.39. The van der Waals surface area contributed by atoms with Gasteiger partial charge >= 0.3 is 6.09 Å². The van der Waals surface area contributed by atoms with E-state index >= 15 is 0 Å². The number of rotatable bonds is 2. The fraction of sp³-hybridized carbons (Fsp3) is 0.385. The van der Waals surface area contributed by atoms with Crippen molar-refractivity contribution in [3.8, 4) is 0 Å². The molecule has 0 saturated heterocycles. The predicted molar refractivity (Wildman–Crippen MR) is 66.3 cm³/mol. The second-order valence-corrected chi connectivity index (χ2v) is 4.67. The molecule has 1 N–H and O–H groups in total. The number of hydrogen-bond acceptors (Lipinski definition) is 3. The SMILES string of the molecule is COC(=O)NC1(c2ccc3ccnn3c2)CCC1. The first-order chi connectivity index (χ1) is 8.73. The molecule has 0 bridgehead atoms. The molecule has 2 aromatic rings. The highest BCUT2D eigenvalue weighted by Crippen LogP contribution is 2.41. The van der Waals surface area contributed by atoms with Gasteiger partial charge in [0.1, 0.15) is 0 Å². The number of hydrogen-bond donors (Lipinski definition) is 1. The Morgan fingerprint density at radius 3 is 2.94 bits per heavy atom. The first-order valence-electron chi connectivity index (χ1n) is 6.03. The van der Waals surface area contributed by atoms with E-state index in [-0.39, 0.29) is 11.6 Å². The van der Waals surface area contributed by atoms with Crippen molar-refractivity contribution in [2.24, 2.45) is 0 Å². The Bertz CT molecular complexity index is 587. The number of nitrogens with one attached hydrogen (secondary N) is 1. The Hall–Kier alpha value is -2.04. The van der Waals surface area contributed by atoms with Gasteiger partial charge in [-0.15, -0.1) is 0 Å². The van der Waals surface area contributed by atoms with Crippen molar-refractivity contribution in [1.82, 2.24) is 14.9 Å². The molecule has 2 heterocycles. The van der Waals surface area contributed by atoms with Crippen molar-refractivity contribution in [2.75, 3.05) is 7.11 Å². The van der Waals surface area contributed by atoms with Crippen LogP contribution in [0.1, 0.15) is 24.8 Å². The minimum Gasteiger partial charge on any atom is -0.453 e. The van der Waals surface area contributed by atoms with Crippen molar-refractivity contribution in [3.63, 3.8) is 0 Å². The third-order valence-corrected chi connectivity index (χ3v) is 3.68. The maximum absolute atomic E-state index is 11.5. The summed E-state index contributed by atoms with van der Waals surface area (Å²) >= 11 is 0. The van der Waals surface area contributed by atoms with Gasteiger partial charge in [0.15, 0.2) is 0 Å². The van der Waals surface area contributed by atoms with Crippen LogP contribution in [0.3, 0.4) is 0 Å². The van der Waals surface area contributed by atoms with Crippen LogP contribution in [0.4, 0.5) is 4.79 Å². The van der Waals surface area contributed by atoms with Gasteiger partial charge in [0.25, 0.3) is 0 Å². The summed E-state index contributed by atoms with van der Waals surface area (Å²) in [5.41, 5.74) is 1.84. The third-order valence-electron chi connectivity index (χ3n) is 3.68. The second kappa shape index (κ2) is 4.01. The van der Waals surface area contributed by atoms with Gasteiger partial charge in [0, 0.05) is 12.4 Å². The maximum atomic E-state index is 11.5. The van der Waals surface area contributed by atoms with E-state index in [1.54, 1.807) is 6.20 Å². The molecule has 18 heavy (non-hydrogen) atoms. The zero-order chi connectivity index (χ0) is 12.6. The molecule has 1 saturated carbocycles. The molecular formula is C13H15N3O2.